The summed E-state index contributed by atoms with van der Waals surface area (Å²) in [4.78, 5) is 15.0. The van der Waals surface area contributed by atoms with Crippen LogP contribution in [-0.4, -0.2) is 12.6 Å². The molecule has 0 bridgehead atoms. The fourth-order valence-corrected chi connectivity index (χ4v) is 3.78. The Labute approximate surface area is 168 Å². The van der Waals surface area contributed by atoms with Gasteiger partial charge in [-0.15, -0.1) is 0 Å². The van der Waals surface area contributed by atoms with Crippen LogP contribution in [0, 0.1) is 11.3 Å². The molecule has 2 aromatic carbocycles. The third-order valence-electron chi connectivity index (χ3n) is 5.45. The first kappa shape index (κ1) is 22.2. The summed E-state index contributed by atoms with van der Waals surface area (Å²) in [6.07, 6.45) is 7.62. The van der Waals surface area contributed by atoms with Gasteiger partial charge in [0.05, 0.1) is 13.0 Å². The van der Waals surface area contributed by atoms with E-state index in [0.717, 1.165) is 22.3 Å². The Morgan fingerprint density at radius 1 is 1.04 bits per heavy atom. The van der Waals surface area contributed by atoms with Crippen LogP contribution in [0.3, 0.4) is 0 Å². The predicted octanol–water partition coefficient (Wildman–Crippen LogP) is 6.82. The summed E-state index contributed by atoms with van der Waals surface area (Å²) in [5.41, 5.74) is 1.44. The predicted molar refractivity (Wildman–Crippen MR) is 112 cm³/mol. The van der Waals surface area contributed by atoms with Gasteiger partial charge in [0, 0.05) is 4.53 Å². The van der Waals surface area contributed by atoms with Gasteiger partial charge >= 0.3 is 5.97 Å². The molecule has 1 aliphatic rings. The van der Waals surface area contributed by atoms with Gasteiger partial charge in [-0.3, -0.25) is 9.74 Å². The zero-order chi connectivity index (χ0) is 20.6. The van der Waals surface area contributed by atoms with Crippen LogP contribution in [0.15, 0.2) is 36.4 Å². The van der Waals surface area contributed by atoms with Gasteiger partial charge in [-0.2, -0.15) is 0 Å². The van der Waals surface area contributed by atoms with Gasteiger partial charge in [0.25, 0.3) is 0 Å². The number of carbonyl (C=O) groups is 1. The molecule has 0 radical (unpaired) electrons. The van der Waals surface area contributed by atoms with E-state index in [1.807, 2.05) is 18.2 Å². The number of carbonyl (C=O) groups excluding carboxylic acids is 1. The van der Waals surface area contributed by atoms with Crippen LogP contribution < -0.4 is 4.94 Å². The van der Waals surface area contributed by atoms with Gasteiger partial charge in [-0.25, -0.2) is 0 Å². The van der Waals surface area contributed by atoms with Crippen LogP contribution in [0.2, 0.25) is 0 Å². The maximum absolute atomic E-state index is 12.0. The van der Waals surface area contributed by atoms with Gasteiger partial charge in [-0.05, 0) is 59.6 Å². The van der Waals surface area contributed by atoms with Crippen molar-refractivity contribution >= 4 is 16.7 Å². The molecule has 3 rings (SSSR count). The lowest BCUT2D eigenvalue weighted by atomic mass is 9.72. The molecule has 0 spiro atoms. The summed E-state index contributed by atoms with van der Waals surface area (Å²) in [7, 11) is 0. The Morgan fingerprint density at radius 2 is 1.68 bits per heavy atom. The lowest BCUT2D eigenvalue weighted by Gasteiger charge is -2.33. The number of ether oxygens (including phenoxy) is 1. The van der Waals surface area contributed by atoms with Crippen molar-refractivity contribution in [3.05, 3.63) is 42.0 Å². The lowest BCUT2D eigenvalue weighted by Crippen LogP contribution is -2.22. The molecule has 0 atom stereocenters. The zero-order valence-electron chi connectivity index (χ0n) is 17.6. The van der Waals surface area contributed by atoms with Crippen molar-refractivity contribution in [3.8, 4) is 5.75 Å². The fourth-order valence-electron chi connectivity index (χ4n) is 3.78. The average molecular weight is 389 g/mol. The quantitative estimate of drug-likeness (QED) is 0.539. The van der Waals surface area contributed by atoms with Crippen molar-refractivity contribution in [1.82, 2.24) is 0 Å². The second-order valence-electron chi connectivity index (χ2n) is 8.60. The van der Waals surface area contributed by atoms with Crippen LogP contribution >= 0.6 is 0 Å². The van der Waals surface area contributed by atoms with Crippen molar-refractivity contribution in [3.63, 3.8) is 0 Å². The molecule has 0 amide bonds. The standard InChI is InChI=1S/C14H13FO3.C10H20/c1-2-17-14(16)8-10-3-4-12-9-13(18-15)6-5-11(12)7-10;1-10(2,3)9-7-5-4-6-8-9/h3-7,9H,2,8H2,1H3;9H,4-8H2,1-3H3. The number of hydrogen-bond acceptors (Lipinski definition) is 3. The number of halogens is 1. The first-order valence-electron chi connectivity index (χ1n) is 10.3. The van der Waals surface area contributed by atoms with E-state index in [0.29, 0.717) is 12.0 Å². The Kier molecular flexibility index (Phi) is 8.28. The monoisotopic (exact) mass is 388 g/mol. The first-order chi connectivity index (χ1) is 13.3. The molecule has 4 heteroatoms. The molecule has 0 N–H and O–H groups in total. The highest BCUT2D eigenvalue weighted by molar-refractivity contribution is 5.85. The summed E-state index contributed by atoms with van der Waals surface area (Å²) in [5.74, 6) is 0.919. The molecule has 0 heterocycles. The van der Waals surface area contributed by atoms with E-state index in [2.05, 4.69) is 25.7 Å². The van der Waals surface area contributed by atoms with Gasteiger partial charge < -0.3 is 4.74 Å². The Balaban J connectivity index is 0.000000237. The fraction of sp³-hybridized carbons (Fsp3) is 0.542. The SMILES string of the molecule is CC(C)(C)C1CCCCC1.CCOC(=O)Cc1ccc2cc(OF)ccc2c1. The Morgan fingerprint density at radius 3 is 2.25 bits per heavy atom. The van der Waals surface area contributed by atoms with E-state index < -0.39 is 0 Å². The Bertz CT molecular complexity index is 758. The number of hydrogen-bond donors (Lipinski definition) is 0. The number of esters is 1. The van der Waals surface area contributed by atoms with E-state index in [1.165, 1.54) is 38.2 Å². The summed E-state index contributed by atoms with van der Waals surface area (Å²) in [5, 5.41) is 1.79. The van der Waals surface area contributed by atoms with Gasteiger partial charge in [-0.1, -0.05) is 64.3 Å². The largest absolute Gasteiger partial charge is 0.466 e. The number of fused-ring (bicyclic) bond motifs is 1. The van der Waals surface area contributed by atoms with E-state index in [1.54, 1.807) is 19.1 Å². The topological polar surface area (TPSA) is 35.5 Å². The molecule has 28 heavy (non-hydrogen) atoms. The summed E-state index contributed by atoms with van der Waals surface area (Å²) >= 11 is 0. The van der Waals surface area contributed by atoms with Gasteiger partial charge in [0.15, 0.2) is 5.75 Å². The highest BCUT2D eigenvalue weighted by atomic mass is 19.3. The molecule has 1 fully saturated rings. The van der Waals surface area contributed by atoms with Gasteiger partial charge in [0.2, 0.25) is 0 Å². The molecule has 2 aromatic rings. The van der Waals surface area contributed by atoms with E-state index in [-0.39, 0.29) is 18.1 Å². The third-order valence-corrected chi connectivity index (χ3v) is 5.45. The zero-order valence-corrected chi connectivity index (χ0v) is 17.6. The smallest absolute Gasteiger partial charge is 0.310 e. The molecule has 1 aliphatic carbocycles. The summed E-state index contributed by atoms with van der Waals surface area (Å²) in [6, 6.07) is 10.4. The minimum absolute atomic E-state index is 0.167. The third kappa shape index (κ3) is 6.81. The van der Waals surface area contributed by atoms with Crippen LogP contribution in [0.1, 0.15) is 65.4 Å². The second kappa shape index (κ2) is 10.4. The van der Waals surface area contributed by atoms with Crippen molar-refractivity contribution in [1.29, 1.82) is 0 Å². The molecule has 154 valence electrons. The second-order valence-corrected chi connectivity index (χ2v) is 8.60. The maximum Gasteiger partial charge on any atom is 0.310 e. The first-order valence-corrected chi connectivity index (χ1v) is 10.3. The van der Waals surface area contributed by atoms with Crippen molar-refractivity contribution < 1.29 is 19.0 Å². The maximum atomic E-state index is 12.0. The van der Waals surface area contributed by atoms with E-state index in [4.69, 9.17) is 4.74 Å². The van der Waals surface area contributed by atoms with Crippen LogP contribution in [0.4, 0.5) is 4.53 Å². The highest BCUT2D eigenvalue weighted by Crippen LogP contribution is 2.37. The molecule has 1 saturated carbocycles. The minimum Gasteiger partial charge on any atom is -0.466 e. The summed E-state index contributed by atoms with van der Waals surface area (Å²) in [6.45, 7) is 9.29. The van der Waals surface area contributed by atoms with E-state index >= 15 is 0 Å². The van der Waals surface area contributed by atoms with Crippen LogP contribution in [0.25, 0.3) is 10.8 Å². The normalized spacial score (nSPS) is 14.9. The molecule has 0 unspecified atom stereocenters. The molecule has 0 aliphatic heterocycles. The average Bonchev–Trinajstić information content (AvgIpc) is 2.68. The van der Waals surface area contributed by atoms with Crippen LogP contribution in [0.5, 0.6) is 5.75 Å². The highest BCUT2D eigenvalue weighted by Gasteiger charge is 2.25. The van der Waals surface area contributed by atoms with Crippen LogP contribution in [-0.2, 0) is 16.0 Å². The molecular formula is C24H33FO3. The molecular weight excluding hydrogens is 355 g/mol. The minimum atomic E-state index is -0.249. The van der Waals surface area contributed by atoms with Crippen molar-refractivity contribution in [2.45, 2.75) is 66.2 Å². The van der Waals surface area contributed by atoms with Crippen molar-refractivity contribution in [2.24, 2.45) is 11.3 Å². The molecule has 3 nitrogen and oxygen atoms in total. The van der Waals surface area contributed by atoms with E-state index in [9.17, 15) is 9.32 Å². The Hall–Kier alpha value is -2.10. The van der Waals surface area contributed by atoms with Crippen molar-refractivity contribution in [2.75, 3.05) is 6.61 Å². The van der Waals surface area contributed by atoms with Gasteiger partial charge in [0.1, 0.15) is 0 Å². The molecule has 0 aromatic heterocycles. The molecule has 0 saturated heterocycles. The number of rotatable bonds is 4. The number of benzene rings is 2. The summed E-state index contributed by atoms with van der Waals surface area (Å²) < 4.78 is 16.9. The lowest BCUT2D eigenvalue weighted by molar-refractivity contribution is -0.142.